The second kappa shape index (κ2) is 8.84. The second-order valence-corrected chi connectivity index (χ2v) is 3.34. The molecule has 7 nitrogen and oxygen atoms in total. The largest absolute Gasteiger partial charge is 0.412 e. The van der Waals surface area contributed by atoms with Crippen LogP contribution in [0.5, 0.6) is 0 Å². The topological polar surface area (TPSA) is 103 Å². The first-order valence-corrected chi connectivity index (χ1v) is 5.73. The van der Waals surface area contributed by atoms with Crippen LogP contribution in [0.3, 0.4) is 0 Å². The van der Waals surface area contributed by atoms with Crippen LogP contribution in [0, 0.1) is 0 Å². The molecule has 0 aliphatic carbocycles. The first-order chi connectivity index (χ1) is 5.13. The van der Waals surface area contributed by atoms with Crippen molar-refractivity contribution in [2.75, 3.05) is 0 Å². The molecule has 0 amide bonds. The summed E-state index contributed by atoms with van der Waals surface area (Å²) in [5, 5.41) is 0. The summed E-state index contributed by atoms with van der Waals surface area (Å²) in [7, 11) is 0. The second-order valence-electron chi connectivity index (χ2n) is 1.40. The molecule has 0 fully saturated rings. The third-order valence-electron chi connectivity index (χ3n) is 0.386. The molecule has 70 valence electrons. The van der Waals surface area contributed by atoms with Gasteiger partial charge in [0.1, 0.15) is 0 Å². The van der Waals surface area contributed by atoms with E-state index in [2.05, 4.69) is 15.5 Å². The van der Waals surface area contributed by atoms with Crippen molar-refractivity contribution < 1.29 is 30.5 Å². The summed E-state index contributed by atoms with van der Waals surface area (Å²) in [6.45, 7) is 2.38. The van der Waals surface area contributed by atoms with Crippen molar-refractivity contribution in [3.05, 3.63) is 0 Å². The molecule has 0 spiro atoms. The summed E-state index contributed by atoms with van der Waals surface area (Å²) < 4.78 is 8.58. The SMILES string of the molecule is CC(=O)O[O][Pb][O]OC(C)=O.O. The van der Waals surface area contributed by atoms with E-state index in [9.17, 15) is 9.59 Å². The minimum atomic E-state index is -2.01. The molecule has 12 heavy (non-hydrogen) atoms. The molecule has 0 heterocycles. The van der Waals surface area contributed by atoms with E-state index in [1.165, 1.54) is 13.8 Å². The third-order valence-corrected chi connectivity index (χ3v) is 1.56. The predicted octanol–water partition coefficient (Wildman–Crippen LogP) is -1.31. The number of carbonyl (C=O) groups excluding carboxylic acids is 2. The molecule has 0 saturated heterocycles. The molecular weight excluding hydrogens is 367 g/mol. The minimum Gasteiger partial charge on any atom is -0.412 e. The first kappa shape index (κ1) is 14.3. The summed E-state index contributed by atoms with van der Waals surface area (Å²) in [5.41, 5.74) is 0. The molecule has 0 atom stereocenters. The Balaban J connectivity index is 0. The van der Waals surface area contributed by atoms with Crippen molar-refractivity contribution in [3.63, 3.8) is 0 Å². The van der Waals surface area contributed by atoms with Gasteiger partial charge in [-0.1, -0.05) is 0 Å². The standard InChI is InChI=1S/2C2H4O3.H2O.Pb/c2*1-2(3)5-4;;/h2*4H,1H3;1H2;/q;;;+2/p-2. The summed E-state index contributed by atoms with van der Waals surface area (Å²) in [6, 6.07) is 0. The van der Waals surface area contributed by atoms with Gasteiger partial charge in [0.15, 0.2) is 0 Å². The molecule has 0 bridgehead atoms. The van der Waals surface area contributed by atoms with Crippen molar-refractivity contribution >= 4 is 37.1 Å². The van der Waals surface area contributed by atoms with Crippen LogP contribution < -0.4 is 0 Å². The van der Waals surface area contributed by atoms with Gasteiger partial charge in [0.05, 0.1) is 0 Å². The van der Waals surface area contributed by atoms with Gasteiger partial charge < -0.3 is 5.48 Å². The van der Waals surface area contributed by atoms with E-state index in [4.69, 9.17) is 0 Å². The van der Waals surface area contributed by atoms with Crippen LogP contribution in [0.1, 0.15) is 13.8 Å². The normalized spacial score (nSPS) is 8.17. The Hall–Kier alpha value is -0.258. The fourth-order valence-electron chi connectivity index (χ4n) is 0.165. The predicted molar refractivity (Wildman–Crippen MR) is 35.1 cm³/mol. The Kier molecular flexibility index (Phi) is 10.5. The molecule has 0 aliphatic heterocycles. The van der Waals surface area contributed by atoms with Gasteiger partial charge in [0.25, 0.3) is 0 Å². The van der Waals surface area contributed by atoms with Gasteiger partial charge >= 0.3 is 76.0 Å². The number of carbonyl (C=O) groups is 2. The molecule has 0 aromatic rings. The number of rotatable bonds is 4. The Morgan fingerprint density at radius 3 is 1.58 bits per heavy atom. The van der Waals surface area contributed by atoms with Gasteiger partial charge in [-0.25, -0.2) is 0 Å². The zero-order valence-electron chi connectivity index (χ0n) is 6.45. The van der Waals surface area contributed by atoms with E-state index in [1.54, 1.807) is 0 Å². The molecule has 0 aromatic carbocycles. The maximum Gasteiger partial charge on any atom is -0.412 e. The van der Waals surface area contributed by atoms with Crippen LogP contribution in [0.25, 0.3) is 0 Å². The van der Waals surface area contributed by atoms with Crippen LogP contribution in [-0.4, -0.2) is 42.6 Å². The first-order valence-electron chi connectivity index (χ1n) is 2.56. The van der Waals surface area contributed by atoms with E-state index in [1.807, 2.05) is 0 Å². The zero-order chi connectivity index (χ0) is 8.69. The van der Waals surface area contributed by atoms with Crippen LogP contribution >= 0.6 is 0 Å². The maximum atomic E-state index is 10.1. The van der Waals surface area contributed by atoms with Gasteiger partial charge in [-0.2, -0.15) is 0 Å². The van der Waals surface area contributed by atoms with E-state index in [0.29, 0.717) is 0 Å². The van der Waals surface area contributed by atoms with Crippen molar-refractivity contribution in [1.29, 1.82) is 0 Å². The third kappa shape index (κ3) is 12.4. The van der Waals surface area contributed by atoms with Gasteiger partial charge in [-0.05, 0) is 0 Å². The summed E-state index contributed by atoms with van der Waals surface area (Å²) in [4.78, 5) is 28.2. The Morgan fingerprint density at radius 1 is 1.00 bits per heavy atom. The van der Waals surface area contributed by atoms with E-state index < -0.39 is 37.1 Å². The molecule has 0 aromatic heterocycles. The minimum absolute atomic E-state index is 0. The summed E-state index contributed by atoms with van der Waals surface area (Å²) in [6.07, 6.45) is 0. The van der Waals surface area contributed by atoms with Crippen molar-refractivity contribution in [1.82, 2.24) is 0 Å². The quantitative estimate of drug-likeness (QED) is 0.262. The van der Waals surface area contributed by atoms with Crippen LogP contribution in [0.4, 0.5) is 0 Å². The fourth-order valence-corrected chi connectivity index (χ4v) is 1.45. The summed E-state index contributed by atoms with van der Waals surface area (Å²) in [5.74, 6) is -1.13. The van der Waals surface area contributed by atoms with Crippen LogP contribution in [0.15, 0.2) is 0 Å². The van der Waals surface area contributed by atoms with Gasteiger partial charge in [0.2, 0.25) is 0 Å². The van der Waals surface area contributed by atoms with Gasteiger partial charge in [0, 0.05) is 0 Å². The van der Waals surface area contributed by atoms with Crippen LogP contribution in [0.2, 0.25) is 0 Å². The maximum absolute atomic E-state index is 10.1. The molecule has 2 N–H and O–H groups in total. The average molecular weight is 375 g/mol. The average Bonchev–Trinajstić information content (AvgIpc) is 1.85. The van der Waals surface area contributed by atoms with Crippen molar-refractivity contribution in [2.45, 2.75) is 13.8 Å². The molecule has 0 saturated carbocycles. The molecule has 0 unspecified atom stereocenters. The molecule has 0 aliphatic rings. The monoisotopic (exact) mass is 376 g/mol. The number of hydrogen-bond acceptors (Lipinski definition) is 6. The molecule has 8 heteroatoms. The smallest absolute Gasteiger partial charge is 0.412 e. The van der Waals surface area contributed by atoms with Crippen molar-refractivity contribution in [2.24, 2.45) is 0 Å². The zero-order valence-corrected chi connectivity index (χ0v) is 10.3. The summed E-state index contributed by atoms with van der Waals surface area (Å²) >= 11 is -2.01. The Morgan fingerprint density at radius 2 is 1.33 bits per heavy atom. The van der Waals surface area contributed by atoms with Gasteiger partial charge in [-0.3, -0.25) is 0 Å². The molecule has 2 radical (unpaired) electrons. The molecule has 0 rings (SSSR count). The molecular formula is C4H8O7Pb. The Bertz CT molecular complexity index is 130. The van der Waals surface area contributed by atoms with E-state index >= 15 is 0 Å². The van der Waals surface area contributed by atoms with Crippen LogP contribution in [-0.2, 0) is 25.0 Å². The Labute approximate surface area is 81.6 Å². The van der Waals surface area contributed by atoms with Gasteiger partial charge in [-0.15, -0.1) is 0 Å². The number of hydrogen-bond donors (Lipinski definition) is 0. The fraction of sp³-hybridized carbons (Fsp3) is 0.500. The van der Waals surface area contributed by atoms with E-state index in [-0.39, 0.29) is 5.48 Å². The van der Waals surface area contributed by atoms with Crippen molar-refractivity contribution in [3.8, 4) is 0 Å². The van der Waals surface area contributed by atoms with E-state index in [0.717, 1.165) is 0 Å².